The third-order valence-corrected chi connectivity index (χ3v) is 3.53. The molecule has 1 fully saturated rings. The first-order valence-electron chi connectivity index (χ1n) is 5.95. The Bertz CT molecular complexity index is 400. The topological polar surface area (TPSA) is 38.1 Å². The predicted molar refractivity (Wildman–Crippen MR) is 67.1 cm³/mol. The monoisotopic (exact) mass is 255 g/mol. The zero-order valence-corrected chi connectivity index (χ0v) is 11.2. The summed E-state index contributed by atoms with van der Waals surface area (Å²) in [7, 11) is 1.75. The van der Waals surface area contributed by atoms with Gasteiger partial charge in [0.15, 0.2) is 0 Å². The number of halogens is 1. The SMILES string of the molecule is C[C@H]1C[C@H](C)CN(C(=O)c2c(Cl)cnn2C)C1. The Morgan fingerprint density at radius 1 is 1.41 bits per heavy atom. The van der Waals surface area contributed by atoms with Gasteiger partial charge in [-0.2, -0.15) is 5.10 Å². The Labute approximate surface area is 107 Å². The van der Waals surface area contributed by atoms with E-state index in [0.717, 1.165) is 13.1 Å². The van der Waals surface area contributed by atoms with Crippen LogP contribution in [0.4, 0.5) is 0 Å². The average Bonchev–Trinajstić information content (AvgIpc) is 2.56. The van der Waals surface area contributed by atoms with Gasteiger partial charge < -0.3 is 4.90 Å². The van der Waals surface area contributed by atoms with Crippen LogP contribution in [0.1, 0.15) is 30.8 Å². The number of carbonyl (C=O) groups excluding carboxylic acids is 1. The van der Waals surface area contributed by atoms with E-state index in [1.807, 2.05) is 4.90 Å². The molecule has 2 heterocycles. The highest BCUT2D eigenvalue weighted by Gasteiger charge is 2.28. The van der Waals surface area contributed by atoms with Gasteiger partial charge in [0.1, 0.15) is 5.69 Å². The molecule has 1 aromatic heterocycles. The maximum absolute atomic E-state index is 12.4. The van der Waals surface area contributed by atoms with E-state index in [9.17, 15) is 4.79 Å². The van der Waals surface area contributed by atoms with E-state index in [2.05, 4.69) is 18.9 Å². The van der Waals surface area contributed by atoms with Crippen LogP contribution >= 0.6 is 11.6 Å². The van der Waals surface area contributed by atoms with E-state index in [4.69, 9.17) is 11.6 Å². The van der Waals surface area contributed by atoms with E-state index >= 15 is 0 Å². The van der Waals surface area contributed by atoms with Gasteiger partial charge >= 0.3 is 0 Å². The van der Waals surface area contributed by atoms with Crippen LogP contribution < -0.4 is 0 Å². The summed E-state index contributed by atoms with van der Waals surface area (Å²) in [6, 6.07) is 0. The largest absolute Gasteiger partial charge is 0.337 e. The van der Waals surface area contributed by atoms with Crippen molar-refractivity contribution in [2.75, 3.05) is 13.1 Å². The predicted octanol–water partition coefficient (Wildman–Crippen LogP) is 2.19. The fourth-order valence-corrected chi connectivity index (χ4v) is 2.88. The minimum atomic E-state index is -0.00611. The molecule has 1 saturated heterocycles. The average molecular weight is 256 g/mol. The van der Waals surface area contributed by atoms with Gasteiger partial charge in [-0.25, -0.2) is 0 Å². The Morgan fingerprint density at radius 3 is 2.47 bits per heavy atom. The van der Waals surface area contributed by atoms with Gasteiger partial charge in [0.2, 0.25) is 0 Å². The number of hydrogen-bond acceptors (Lipinski definition) is 2. The van der Waals surface area contributed by atoms with Crippen LogP contribution in [-0.4, -0.2) is 33.7 Å². The van der Waals surface area contributed by atoms with Gasteiger partial charge in [-0.3, -0.25) is 9.48 Å². The fourth-order valence-electron chi connectivity index (χ4n) is 2.63. The number of rotatable bonds is 1. The molecule has 0 saturated carbocycles. The third-order valence-electron chi connectivity index (χ3n) is 3.25. The summed E-state index contributed by atoms with van der Waals surface area (Å²) in [6.07, 6.45) is 2.70. The van der Waals surface area contributed by atoms with Crippen molar-refractivity contribution >= 4 is 17.5 Å². The lowest BCUT2D eigenvalue weighted by Crippen LogP contribution is -2.43. The molecule has 1 aliphatic rings. The minimum absolute atomic E-state index is 0.00611. The molecule has 0 bridgehead atoms. The summed E-state index contributed by atoms with van der Waals surface area (Å²) < 4.78 is 1.55. The second kappa shape index (κ2) is 4.69. The number of hydrogen-bond donors (Lipinski definition) is 0. The Kier molecular flexibility index (Phi) is 3.43. The number of likely N-dealkylation sites (tertiary alicyclic amines) is 1. The van der Waals surface area contributed by atoms with Crippen LogP contribution in [0.2, 0.25) is 5.02 Å². The summed E-state index contributed by atoms with van der Waals surface area (Å²) in [5.74, 6) is 1.10. The first-order chi connectivity index (χ1) is 7.99. The van der Waals surface area contributed by atoms with Crippen LogP contribution in [-0.2, 0) is 7.05 Å². The summed E-state index contributed by atoms with van der Waals surface area (Å²) in [5.41, 5.74) is 0.493. The molecule has 94 valence electrons. The smallest absolute Gasteiger partial charge is 0.273 e. The number of piperidine rings is 1. The maximum Gasteiger partial charge on any atom is 0.273 e. The molecule has 0 aromatic carbocycles. The fraction of sp³-hybridized carbons (Fsp3) is 0.667. The van der Waals surface area contributed by atoms with Crippen molar-refractivity contribution in [1.29, 1.82) is 0 Å². The van der Waals surface area contributed by atoms with Crippen molar-refractivity contribution < 1.29 is 4.79 Å². The highest BCUT2D eigenvalue weighted by Crippen LogP contribution is 2.24. The molecular weight excluding hydrogens is 238 g/mol. The van der Waals surface area contributed by atoms with Crippen molar-refractivity contribution in [3.8, 4) is 0 Å². The first-order valence-corrected chi connectivity index (χ1v) is 6.33. The quantitative estimate of drug-likeness (QED) is 0.772. The number of carbonyl (C=O) groups is 1. The van der Waals surface area contributed by atoms with Crippen LogP contribution in [0.25, 0.3) is 0 Å². The molecule has 0 spiro atoms. The Morgan fingerprint density at radius 2 is 2.00 bits per heavy atom. The number of aryl methyl sites for hydroxylation is 1. The molecule has 2 atom stereocenters. The summed E-state index contributed by atoms with van der Waals surface area (Å²) in [4.78, 5) is 14.3. The van der Waals surface area contributed by atoms with Gasteiger partial charge in [-0.1, -0.05) is 25.4 Å². The summed E-state index contributed by atoms with van der Waals surface area (Å²) in [5, 5.41) is 4.44. The first kappa shape index (κ1) is 12.4. The van der Waals surface area contributed by atoms with Gasteiger partial charge in [0, 0.05) is 20.1 Å². The van der Waals surface area contributed by atoms with Crippen molar-refractivity contribution in [3.63, 3.8) is 0 Å². The molecule has 1 amide bonds. The molecule has 17 heavy (non-hydrogen) atoms. The number of nitrogens with zero attached hydrogens (tertiary/aromatic N) is 3. The second-order valence-corrected chi connectivity index (χ2v) is 5.53. The number of amides is 1. The van der Waals surface area contributed by atoms with Crippen LogP contribution in [0, 0.1) is 11.8 Å². The molecule has 0 aliphatic carbocycles. The van der Waals surface area contributed by atoms with Gasteiger partial charge in [0.05, 0.1) is 11.2 Å². The van der Waals surface area contributed by atoms with E-state index in [1.54, 1.807) is 11.7 Å². The molecule has 1 aromatic rings. The molecule has 1 aliphatic heterocycles. The molecule has 0 radical (unpaired) electrons. The molecule has 0 N–H and O–H groups in total. The van der Waals surface area contributed by atoms with E-state index in [0.29, 0.717) is 22.6 Å². The Hall–Kier alpha value is -1.03. The lowest BCUT2D eigenvalue weighted by molar-refractivity contribution is 0.0612. The molecule has 4 nitrogen and oxygen atoms in total. The van der Waals surface area contributed by atoms with Crippen LogP contribution in [0.15, 0.2) is 6.20 Å². The van der Waals surface area contributed by atoms with Crippen LogP contribution in [0.3, 0.4) is 0 Å². The van der Waals surface area contributed by atoms with Crippen molar-refractivity contribution in [1.82, 2.24) is 14.7 Å². The highest BCUT2D eigenvalue weighted by atomic mass is 35.5. The zero-order chi connectivity index (χ0) is 12.6. The summed E-state index contributed by atoms with van der Waals surface area (Å²) >= 11 is 6.00. The molecule has 2 rings (SSSR count). The minimum Gasteiger partial charge on any atom is -0.337 e. The van der Waals surface area contributed by atoms with Crippen molar-refractivity contribution in [2.45, 2.75) is 20.3 Å². The normalized spacial score (nSPS) is 25.1. The molecule has 0 unspecified atom stereocenters. The standard InChI is InChI=1S/C12H18ClN3O/c1-8-4-9(2)7-16(6-8)12(17)11-10(13)5-14-15(11)3/h5,8-9H,4,6-7H2,1-3H3/t8-,9-/m0/s1. The van der Waals surface area contributed by atoms with Gasteiger partial charge in [-0.15, -0.1) is 0 Å². The van der Waals surface area contributed by atoms with Gasteiger partial charge in [-0.05, 0) is 18.3 Å². The van der Waals surface area contributed by atoms with Gasteiger partial charge in [0.25, 0.3) is 5.91 Å². The summed E-state index contributed by atoms with van der Waals surface area (Å²) in [6.45, 7) is 5.98. The number of aromatic nitrogens is 2. The third kappa shape index (κ3) is 2.46. The lowest BCUT2D eigenvalue weighted by atomic mass is 9.92. The zero-order valence-electron chi connectivity index (χ0n) is 10.5. The lowest BCUT2D eigenvalue weighted by Gasteiger charge is -2.35. The highest BCUT2D eigenvalue weighted by molar-refractivity contribution is 6.33. The Balaban J connectivity index is 2.20. The van der Waals surface area contributed by atoms with Crippen molar-refractivity contribution in [3.05, 3.63) is 16.9 Å². The maximum atomic E-state index is 12.4. The van der Waals surface area contributed by atoms with E-state index < -0.39 is 0 Å². The van der Waals surface area contributed by atoms with Crippen LogP contribution in [0.5, 0.6) is 0 Å². The molecular formula is C12H18ClN3O. The van der Waals surface area contributed by atoms with E-state index in [-0.39, 0.29) is 5.91 Å². The van der Waals surface area contributed by atoms with E-state index in [1.165, 1.54) is 12.6 Å². The second-order valence-electron chi connectivity index (χ2n) is 5.12. The molecule has 5 heteroatoms. The van der Waals surface area contributed by atoms with Crippen molar-refractivity contribution in [2.24, 2.45) is 18.9 Å².